The molecule has 0 saturated carbocycles. The van der Waals surface area contributed by atoms with Crippen LogP contribution in [0.5, 0.6) is 0 Å². The lowest BCUT2D eigenvalue weighted by molar-refractivity contribution is 0.531. The fourth-order valence-electron chi connectivity index (χ4n) is 0.532. The molecule has 0 fully saturated rings. The zero-order chi connectivity index (χ0) is 10.3. The Bertz CT molecular complexity index is 258. The van der Waals surface area contributed by atoms with Crippen LogP contribution in [0, 0.1) is 28.6 Å². The second-order valence-electron chi connectivity index (χ2n) is 3.19. The molecule has 0 radical (unpaired) electrons. The summed E-state index contributed by atoms with van der Waals surface area (Å²) in [7, 11) is 0. The van der Waals surface area contributed by atoms with Crippen LogP contribution in [0.25, 0.3) is 0 Å². The molecular formula is C9H14N4. The van der Waals surface area contributed by atoms with Crippen LogP contribution in [-0.2, 0) is 0 Å². The molecule has 0 spiro atoms. The van der Waals surface area contributed by atoms with Crippen LogP contribution in [0.4, 0.5) is 0 Å². The minimum Gasteiger partial charge on any atom is -0.198 e. The lowest BCUT2D eigenvalue weighted by Gasteiger charge is -2.10. The minimum atomic E-state index is -0.727. The summed E-state index contributed by atoms with van der Waals surface area (Å²) in [6.07, 6.45) is 0.633. The van der Waals surface area contributed by atoms with Gasteiger partial charge < -0.3 is 0 Å². The Morgan fingerprint density at radius 2 is 2.08 bits per heavy atom. The number of hydrogen-bond acceptors (Lipinski definition) is 4. The third-order valence-electron chi connectivity index (χ3n) is 1.80. The summed E-state index contributed by atoms with van der Waals surface area (Å²) in [4.78, 5) is 0. The molecule has 0 heterocycles. The largest absolute Gasteiger partial charge is 0.198 e. The molecule has 0 aromatic carbocycles. The third-order valence-corrected chi connectivity index (χ3v) is 1.80. The Labute approximate surface area is 78.9 Å². The van der Waals surface area contributed by atoms with Crippen molar-refractivity contribution in [3.63, 3.8) is 0 Å². The van der Waals surface area contributed by atoms with E-state index < -0.39 is 5.54 Å². The summed E-state index contributed by atoms with van der Waals surface area (Å²) in [5.74, 6) is -0.136. The van der Waals surface area contributed by atoms with Crippen LogP contribution in [0.2, 0.25) is 0 Å². The zero-order valence-corrected chi connectivity index (χ0v) is 8.28. The van der Waals surface area contributed by atoms with Crippen molar-refractivity contribution in [1.82, 2.24) is 0 Å². The van der Waals surface area contributed by atoms with Crippen molar-refractivity contribution >= 4 is 0 Å². The number of nitriles is 2. The van der Waals surface area contributed by atoms with E-state index in [2.05, 4.69) is 22.4 Å². The highest BCUT2D eigenvalue weighted by Crippen LogP contribution is 2.13. The topological polar surface area (TPSA) is 72.3 Å². The van der Waals surface area contributed by atoms with E-state index in [9.17, 15) is 0 Å². The molecule has 0 saturated heterocycles. The molecule has 0 rings (SSSR count). The van der Waals surface area contributed by atoms with Crippen LogP contribution in [-0.4, -0.2) is 12.1 Å². The number of nitrogens with zero attached hydrogens (tertiary/aromatic N) is 4. The Morgan fingerprint density at radius 1 is 1.46 bits per heavy atom. The lowest BCUT2D eigenvalue weighted by atomic mass is 10.0. The molecule has 0 aliphatic heterocycles. The van der Waals surface area contributed by atoms with Crippen molar-refractivity contribution in [1.29, 1.82) is 10.5 Å². The van der Waals surface area contributed by atoms with E-state index in [0.29, 0.717) is 13.0 Å². The predicted molar refractivity (Wildman–Crippen MR) is 48.8 cm³/mol. The van der Waals surface area contributed by atoms with Gasteiger partial charge in [0, 0.05) is 0 Å². The van der Waals surface area contributed by atoms with Crippen LogP contribution in [0.3, 0.4) is 0 Å². The molecule has 0 aromatic heterocycles. The SMILES string of the molecule is CCC(C)(C#N)N=NCC(C)C#N. The summed E-state index contributed by atoms with van der Waals surface area (Å²) >= 11 is 0. The number of hydrogen-bond donors (Lipinski definition) is 0. The molecule has 0 bridgehead atoms. The molecule has 0 amide bonds. The molecule has 2 unspecified atom stereocenters. The van der Waals surface area contributed by atoms with Crippen molar-refractivity contribution in [3.05, 3.63) is 0 Å². The fraction of sp³-hybridized carbons (Fsp3) is 0.778. The Kier molecular flexibility index (Phi) is 4.69. The first kappa shape index (κ1) is 11.6. The van der Waals surface area contributed by atoms with Crippen molar-refractivity contribution < 1.29 is 0 Å². The predicted octanol–water partition coefficient (Wildman–Crippen LogP) is 2.29. The summed E-state index contributed by atoms with van der Waals surface area (Å²) < 4.78 is 0. The maximum absolute atomic E-state index is 8.74. The highest BCUT2D eigenvalue weighted by Gasteiger charge is 2.19. The van der Waals surface area contributed by atoms with Crippen molar-refractivity contribution in [2.45, 2.75) is 32.7 Å². The van der Waals surface area contributed by atoms with Gasteiger partial charge in [-0.2, -0.15) is 20.8 Å². The minimum absolute atomic E-state index is 0.136. The molecule has 4 heteroatoms. The summed E-state index contributed by atoms with van der Waals surface area (Å²) in [6.45, 7) is 5.76. The van der Waals surface area contributed by atoms with E-state index in [1.165, 1.54) is 0 Å². The van der Waals surface area contributed by atoms with Gasteiger partial charge >= 0.3 is 0 Å². The highest BCUT2D eigenvalue weighted by molar-refractivity contribution is 5.02. The molecule has 0 aromatic rings. The third kappa shape index (κ3) is 4.22. The van der Waals surface area contributed by atoms with Gasteiger partial charge in [0.05, 0.1) is 24.6 Å². The highest BCUT2D eigenvalue weighted by atomic mass is 15.1. The summed E-state index contributed by atoms with van der Waals surface area (Å²) in [5, 5.41) is 24.9. The second kappa shape index (κ2) is 5.27. The van der Waals surface area contributed by atoms with Crippen LogP contribution in [0.15, 0.2) is 10.2 Å². The maximum Gasteiger partial charge on any atom is 0.164 e. The second-order valence-corrected chi connectivity index (χ2v) is 3.19. The first-order chi connectivity index (χ1) is 6.08. The molecule has 0 N–H and O–H groups in total. The van der Waals surface area contributed by atoms with Crippen molar-refractivity contribution in [2.24, 2.45) is 16.1 Å². The molecular weight excluding hydrogens is 164 g/mol. The van der Waals surface area contributed by atoms with Crippen LogP contribution >= 0.6 is 0 Å². The summed E-state index contributed by atoms with van der Waals surface area (Å²) in [5.41, 5.74) is -0.727. The first-order valence-electron chi connectivity index (χ1n) is 4.27. The van der Waals surface area contributed by atoms with Gasteiger partial charge in [0.25, 0.3) is 0 Å². The Balaban J connectivity index is 4.13. The maximum atomic E-state index is 8.74. The van der Waals surface area contributed by atoms with Crippen molar-refractivity contribution in [2.75, 3.05) is 6.54 Å². The average molecular weight is 178 g/mol. The molecule has 4 nitrogen and oxygen atoms in total. The zero-order valence-electron chi connectivity index (χ0n) is 8.28. The molecule has 70 valence electrons. The van der Waals surface area contributed by atoms with E-state index in [-0.39, 0.29) is 5.92 Å². The van der Waals surface area contributed by atoms with Gasteiger partial charge in [-0.15, -0.1) is 0 Å². The standard InChI is InChI=1S/C9H14N4/c1-4-9(3,7-11)13-12-6-8(2)5-10/h8H,4,6H2,1-3H3. The normalized spacial score (nSPS) is 17.3. The van der Waals surface area contributed by atoms with Gasteiger partial charge in [0.2, 0.25) is 0 Å². The quantitative estimate of drug-likeness (QED) is 0.619. The van der Waals surface area contributed by atoms with Gasteiger partial charge in [0.15, 0.2) is 5.54 Å². The van der Waals surface area contributed by atoms with E-state index in [1.807, 2.05) is 6.92 Å². The molecule has 0 aliphatic carbocycles. The fourth-order valence-corrected chi connectivity index (χ4v) is 0.532. The van der Waals surface area contributed by atoms with Gasteiger partial charge in [-0.25, -0.2) is 0 Å². The van der Waals surface area contributed by atoms with Crippen LogP contribution in [0.1, 0.15) is 27.2 Å². The molecule has 2 atom stereocenters. The smallest absolute Gasteiger partial charge is 0.164 e. The van der Waals surface area contributed by atoms with E-state index in [4.69, 9.17) is 10.5 Å². The monoisotopic (exact) mass is 178 g/mol. The summed E-state index contributed by atoms with van der Waals surface area (Å²) in [6, 6.07) is 4.13. The number of azo groups is 1. The van der Waals surface area contributed by atoms with Gasteiger partial charge in [-0.05, 0) is 20.3 Å². The number of rotatable bonds is 4. The average Bonchev–Trinajstić information content (AvgIpc) is 2.17. The van der Waals surface area contributed by atoms with Gasteiger partial charge in [0.1, 0.15) is 0 Å². The molecule has 0 aliphatic rings. The van der Waals surface area contributed by atoms with Gasteiger partial charge in [-0.3, -0.25) is 0 Å². The van der Waals surface area contributed by atoms with Crippen LogP contribution < -0.4 is 0 Å². The van der Waals surface area contributed by atoms with E-state index >= 15 is 0 Å². The lowest BCUT2D eigenvalue weighted by Crippen LogP contribution is -2.16. The van der Waals surface area contributed by atoms with E-state index in [1.54, 1.807) is 13.8 Å². The van der Waals surface area contributed by atoms with E-state index in [0.717, 1.165) is 0 Å². The first-order valence-corrected chi connectivity index (χ1v) is 4.27. The Hall–Kier alpha value is -1.42. The Morgan fingerprint density at radius 3 is 2.46 bits per heavy atom. The van der Waals surface area contributed by atoms with Gasteiger partial charge in [-0.1, -0.05) is 6.92 Å². The van der Waals surface area contributed by atoms with Crippen molar-refractivity contribution in [3.8, 4) is 12.1 Å². The molecule has 13 heavy (non-hydrogen) atoms.